The van der Waals surface area contributed by atoms with Crippen LogP contribution in [0.3, 0.4) is 0 Å². The molecule has 0 heterocycles. The number of carboxylic acid groups (broad SMARTS) is 2. The number of benzene rings is 2. The summed E-state index contributed by atoms with van der Waals surface area (Å²) in [7, 11) is 0. The topological polar surface area (TPSA) is 86.6 Å². The minimum absolute atomic E-state index is 0.250. The third-order valence-corrected chi connectivity index (χ3v) is 2.93. The van der Waals surface area contributed by atoms with E-state index in [1.165, 1.54) is 30.3 Å². The van der Waals surface area contributed by atoms with Gasteiger partial charge in [0.1, 0.15) is 11.6 Å². The molecule has 10 heteroatoms. The molecule has 2 aromatic carbocycles. The Morgan fingerprint density at radius 1 is 1.00 bits per heavy atom. The second-order valence-corrected chi connectivity index (χ2v) is 4.89. The number of hydrogen-bond donors (Lipinski definition) is 3. The molecule has 1 amide bonds. The van der Waals surface area contributed by atoms with Crippen LogP contribution in [-0.2, 0) is 4.79 Å². The summed E-state index contributed by atoms with van der Waals surface area (Å²) in [5.41, 5.74) is 1.57. The monoisotopic (exact) mass is 377 g/mol. The van der Waals surface area contributed by atoms with Crippen LogP contribution in [0.25, 0.3) is 11.1 Å². The molecule has 3 N–H and O–H groups in total. The minimum Gasteiger partial charge on any atom is -0.475 e. The lowest BCUT2D eigenvalue weighted by atomic mass is 10.0. The number of halogens is 5. The molecule has 0 unspecified atom stereocenters. The van der Waals surface area contributed by atoms with E-state index in [4.69, 9.17) is 15.0 Å². The fourth-order valence-electron chi connectivity index (χ4n) is 1.79. The van der Waals surface area contributed by atoms with E-state index in [9.17, 15) is 26.7 Å². The highest BCUT2D eigenvalue weighted by atomic mass is 19.4. The van der Waals surface area contributed by atoms with Gasteiger partial charge < -0.3 is 10.2 Å². The van der Waals surface area contributed by atoms with Crippen molar-refractivity contribution in [3.05, 3.63) is 53.6 Å². The molecule has 2 rings (SSSR count). The molecule has 140 valence electrons. The third kappa shape index (κ3) is 6.04. The van der Waals surface area contributed by atoms with Crippen molar-refractivity contribution in [3.8, 4) is 11.1 Å². The van der Waals surface area contributed by atoms with E-state index in [2.05, 4.69) is 5.32 Å². The average Bonchev–Trinajstić information content (AvgIpc) is 2.51. The van der Waals surface area contributed by atoms with Crippen molar-refractivity contribution in [2.24, 2.45) is 0 Å². The lowest BCUT2D eigenvalue weighted by Gasteiger charge is -2.10. The number of carbonyl (C=O) groups is 2. The van der Waals surface area contributed by atoms with Gasteiger partial charge in [0, 0.05) is 5.56 Å². The Hall–Kier alpha value is -3.17. The molecule has 0 aromatic heterocycles. The van der Waals surface area contributed by atoms with Crippen molar-refractivity contribution in [3.63, 3.8) is 0 Å². The zero-order valence-electron chi connectivity index (χ0n) is 13.1. The van der Waals surface area contributed by atoms with Gasteiger partial charge in [-0.2, -0.15) is 13.2 Å². The quantitative estimate of drug-likeness (QED) is 0.664. The largest absolute Gasteiger partial charge is 0.490 e. The van der Waals surface area contributed by atoms with Gasteiger partial charge in [-0.25, -0.2) is 18.4 Å². The number of hydrogen-bond acceptors (Lipinski definition) is 2. The number of amides is 1. The summed E-state index contributed by atoms with van der Waals surface area (Å²) in [6, 6.07) is 7.97. The zero-order chi connectivity index (χ0) is 20.1. The van der Waals surface area contributed by atoms with Crippen molar-refractivity contribution in [2.75, 3.05) is 5.32 Å². The summed E-state index contributed by atoms with van der Waals surface area (Å²) in [6.07, 6.45) is -6.33. The van der Waals surface area contributed by atoms with Crippen LogP contribution in [0.1, 0.15) is 5.56 Å². The number of aliphatic carboxylic acids is 1. The molecule has 0 fully saturated rings. The van der Waals surface area contributed by atoms with Crippen molar-refractivity contribution in [1.29, 1.82) is 0 Å². The predicted molar refractivity (Wildman–Crippen MR) is 81.9 cm³/mol. The summed E-state index contributed by atoms with van der Waals surface area (Å²) in [4.78, 5) is 19.6. The van der Waals surface area contributed by atoms with Gasteiger partial charge in [-0.3, -0.25) is 5.32 Å². The van der Waals surface area contributed by atoms with E-state index in [1.807, 2.05) is 0 Å². The first-order chi connectivity index (χ1) is 11.9. The first kappa shape index (κ1) is 20.9. The minimum atomic E-state index is -5.08. The molecule has 2 aromatic rings. The number of anilines is 1. The lowest BCUT2D eigenvalue weighted by Crippen LogP contribution is -2.21. The van der Waals surface area contributed by atoms with Crippen molar-refractivity contribution in [1.82, 2.24) is 0 Å². The van der Waals surface area contributed by atoms with Crippen LogP contribution in [0, 0.1) is 18.6 Å². The second-order valence-electron chi connectivity index (χ2n) is 4.89. The second kappa shape index (κ2) is 8.28. The summed E-state index contributed by atoms with van der Waals surface area (Å²) in [5.74, 6) is -3.62. The van der Waals surface area contributed by atoms with Crippen molar-refractivity contribution < 1.29 is 41.8 Å². The molecule has 26 heavy (non-hydrogen) atoms. The fraction of sp³-hybridized carbons (Fsp3) is 0.125. The Labute approximate surface area is 143 Å². The number of aryl methyl sites for hydroxylation is 1. The highest BCUT2D eigenvalue weighted by Gasteiger charge is 2.38. The SMILES string of the molecule is Cc1cc(-c2cc(F)ccc2NC(=O)O)ccc1F.O=C(O)C(F)(F)F. The molecule has 5 nitrogen and oxygen atoms in total. The molecule has 0 aliphatic carbocycles. The van der Waals surface area contributed by atoms with E-state index < -0.39 is 24.1 Å². The van der Waals surface area contributed by atoms with E-state index in [-0.39, 0.29) is 11.5 Å². The Morgan fingerprint density at radius 3 is 2.04 bits per heavy atom. The maximum absolute atomic E-state index is 13.3. The zero-order valence-corrected chi connectivity index (χ0v) is 13.1. The van der Waals surface area contributed by atoms with E-state index in [0.29, 0.717) is 16.7 Å². The van der Waals surface area contributed by atoms with Crippen LogP contribution in [0.15, 0.2) is 36.4 Å². The van der Waals surface area contributed by atoms with Crippen LogP contribution in [0.4, 0.5) is 32.4 Å². The highest BCUT2D eigenvalue weighted by molar-refractivity contribution is 5.90. The Balaban J connectivity index is 0.000000412. The molecule has 0 atom stereocenters. The maximum Gasteiger partial charge on any atom is 0.490 e. The molecular weight excluding hydrogens is 365 g/mol. The average molecular weight is 377 g/mol. The third-order valence-electron chi connectivity index (χ3n) is 2.93. The molecule has 0 saturated heterocycles. The van der Waals surface area contributed by atoms with Crippen LogP contribution in [0.5, 0.6) is 0 Å². The summed E-state index contributed by atoms with van der Waals surface area (Å²) >= 11 is 0. The Morgan fingerprint density at radius 2 is 1.58 bits per heavy atom. The molecule has 0 saturated carbocycles. The Kier molecular flexibility index (Phi) is 6.64. The van der Waals surface area contributed by atoms with Gasteiger partial charge in [0.05, 0.1) is 5.69 Å². The number of carboxylic acids is 1. The van der Waals surface area contributed by atoms with E-state index in [1.54, 1.807) is 6.92 Å². The molecule has 0 aliphatic rings. The fourth-order valence-corrected chi connectivity index (χ4v) is 1.79. The summed E-state index contributed by atoms with van der Waals surface area (Å²) in [6.45, 7) is 1.59. The summed E-state index contributed by atoms with van der Waals surface area (Å²) in [5, 5.41) is 18.1. The maximum atomic E-state index is 13.3. The summed E-state index contributed by atoms with van der Waals surface area (Å²) < 4.78 is 58.3. The molecule has 0 radical (unpaired) electrons. The smallest absolute Gasteiger partial charge is 0.475 e. The highest BCUT2D eigenvalue weighted by Crippen LogP contribution is 2.30. The number of rotatable bonds is 2. The van der Waals surface area contributed by atoms with Crippen LogP contribution in [-0.4, -0.2) is 28.5 Å². The van der Waals surface area contributed by atoms with Crippen LogP contribution < -0.4 is 5.32 Å². The van der Waals surface area contributed by atoms with Crippen molar-refractivity contribution in [2.45, 2.75) is 13.1 Å². The molecule has 0 bridgehead atoms. The standard InChI is InChI=1S/C14H11F2NO2.C2HF3O2/c1-8-6-9(2-4-12(8)16)11-7-10(15)3-5-13(11)17-14(18)19;3-2(4,5)1(6)7/h2-7,17H,1H3,(H,18,19);(H,6,7). The number of alkyl halides is 3. The van der Waals surface area contributed by atoms with Crippen LogP contribution in [0.2, 0.25) is 0 Å². The van der Waals surface area contributed by atoms with Gasteiger partial charge in [-0.1, -0.05) is 6.07 Å². The first-order valence-electron chi connectivity index (χ1n) is 6.78. The normalized spacial score (nSPS) is 10.5. The van der Waals surface area contributed by atoms with Gasteiger partial charge in [-0.15, -0.1) is 0 Å². The molecule has 0 aliphatic heterocycles. The first-order valence-corrected chi connectivity index (χ1v) is 6.78. The van der Waals surface area contributed by atoms with E-state index >= 15 is 0 Å². The van der Waals surface area contributed by atoms with Gasteiger partial charge in [0.2, 0.25) is 0 Å². The molecular formula is C16H12F5NO4. The van der Waals surface area contributed by atoms with Crippen LogP contribution >= 0.6 is 0 Å². The number of nitrogens with one attached hydrogen (secondary N) is 1. The van der Waals surface area contributed by atoms with Gasteiger partial charge in [0.15, 0.2) is 0 Å². The van der Waals surface area contributed by atoms with Gasteiger partial charge >= 0.3 is 18.2 Å². The molecule has 0 spiro atoms. The lowest BCUT2D eigenvalue weighted by molar-refractivity contribution is -0.192. The Bertz CT molecular complexity index is 821. The van der Waals surface area contributed by atoms with Gasteiger partial charge in [0.25, 0.3) is 0 Å². The van der Waals surface area contributed by atoms with Crippen molar-refractivity contribution >= 4 is 17.7 Å². The van der Waals surface area contributed by atoms with Gasteiger partial charge in [-0.05, 0) is 48.4 Å². The predicted octanol–water partition coefficient (Wildman–Crippen LogP) is 4.66. The van der Waals surface area contributed by atoms with E-state index in [0.717, 1.165) is 6.07 Å².